The van der Waals surface area contributed by atoms with E-state index in [-0.39, 0.29) is 24.9 Å². The Balaban J connectivity index is 0.00000300. The summed E-state index contributed by atoms with van der Waals surface area (Å²) in [4.78, 5) is 12.8. The van der Waals surface area contributed by atoms with Crippen LogP contribution in [0.15, 0.2) is 48.5 Å². The number of carboxylic acid groups (broad SMARTS) is 1. The molecule has 1 saturated heterocycles. The fourth-order valence-corrected chi connectivity index (χ4v) is 2.96. The van der Waals surface area contributed by atoms with Gasteiger partial charge in [0.1, 0.15) is 11.5 Å². The topological polar surface area (TPSA) is 59.0 Å². The maximum atomic E-state index is 12.6. The summed E-state index contributed by atoms with van der Waals surface area (Å²) in [5.41, 5.74) is 0.205. The first kappa shape index (κ1) is 23.0. The van der Waals surface area contributed by atoms with E-state index in [1.54, 1.807) is 12.1 Å². The molecule has 2 aromatic rings. The van der Waals surface area contributed by atoms with Crippen molar-refractivity contribution in [3.63, 3.8) is 0 Å². The Bertz CT molecular complexity index is 797. The molecule has 2 aromatic carbocycles. The Kier molecular flexibility index (Phi) is 7.89. The normalized spacial score (nSPS) is 17.4. The molecule has 1 unspecified atom stereocenters. The van der Waals surface area contributed by atoms with Crippen LogP contribution in [-0.2, 0) is 15.7 Å². The van der Waals surface area contributed by atoms with Gasteiger partial charge in [0, 0.05) is 19.6 Å². The lowest BCUT2D eigenvalue weighted by Crippen LogP contribution is -2.39. The molecule has 1 N–H and O–H groups in total. The summed E-state index contributed by atoms with van der Waals surface area (Å²) in [6.07, 6.45) is -4.45. The van der Waals surface area contributed by atoms with Gasteiger partial charge in [-0.25, -0.2) is 0 Å². The monoisotopic (exact) mass is 431 g/mol. The van der Waals surface area contributed by atoms with Crippen LogP contribution in [0, 0.1) is 0 Å². The van der Waals surface area contributed by atoms with Gasteiger partial charge in [-0.2, -0.15) is 13.2 Å². The molecule has 158 valence electrons. The first-order valence-corrected chi connectivity index (χ1v) is 8.82. The van der Waals surface area contributed by atoms with Crippen molar-refractivity contribution in [1.29, 1.82) is 0 Å². The van der Waals surface area contributed by atoms with E-state index in [1.807, 2.05) is 12.1 Å². The molecule has 1 atom stereocenters. The quantitative estimate of drug-likeness (QED) is 0.714. The van der Waals surface area contributed by atoms with Crippen LogP contribution in [0.1, 0.15) is 23.7 Å². The standard InChI is InChI=1S/C20H20F3NO4.ClH/c21-20(22,23)15-3-7-17(8-4-15)28-16-5-1-14(2-6-16)18-13-24(11-12-27-18)10-9-19(25)26;/h1-8,18H,9-13H2,(H,25,26);1H. The Morgan fingerprint density at radius 3 is 2.24 bits per heavy atom. The fourth-order valence-electron chi connectivity index (χ4n) is 2.96. The number of benzene rings is 2. The fraction of sp³-hybridized carbons (Fsp3) is 0.350. The first-order chi connectivity index (χ1) is 13.3. The zero-order chi connectivity index (χ0) is 20.1. The molecule has 0 spiro atoms. The minimum atomic E-state index is -4.38. The van der Waals surface area contributed by atoms with Crippen LogP contribution in [0.2, 0.25) is 0 Å². The first-order valence-electron chi connectivity index (χ1n) is 8.82. The number of alkyl halides is 3. The number of carbonyl (C=O) groups is 1. The van der Waals surface area contributed by atoms with Gasteiger partial charge < -0.3 is 14.6 Å². The summed E-state index contributed by atoms with van der Waals surface area (Å²) >= 11 is 0. The smallest absolute Gasteiger partial charge is 0.416 e. The van der Waals surface area contributed by atoms with Gasteiger partial charge in [0.25, 0.3) is 0 Å². The maximum Gasteiger partial charge on any atom is 0.416 e. The zero-order valence-electron chi connectivity index (χ0n) is 15.4. The highest BCUT2D eigenvalue weighted by Gasteiger charge is 2.30. The van der Waals surface area contributed by atoms with E-state index in [0.717, 1.165) is 17.7 Å². The predicted octanol–water partition coefficient (Wildman–Crippen LogP) is 4.77. The summed E-state index contributed by atoms with van der Waals surface area (Å²) in [5.74, 6) is -0.00984. The van der Waals surface area contributed by atoms with E-state index in [0.29, 0.717) is 37.7 Å². The van der Waals surface area contributed by atoms with Crippen LogP contribution >= 0.6 is 12.4 Å². The van der Waals surface area contributed by atoms with E-state index in [2.05, 4.69) is 4.90 Å². The summed E-state index contributed by atoms with van der Waals surface area (Å²) in [6, 6.07) is 11.6. The molecular formula is C20H21ClF3NO4. The highest BCUT2D eigenvalue weighted by molar-refractivity contribution is 5.85. The van der Waals surface area contributed by atoms with E-state index in [9.17, 15) is 18.0 Å². The second-order valence-electron chi connectivity index (χ2n) is 6.50. The Morgan fingerprint density at radius 2 is 1.69 bits per heavy atom. The van der Waals surface area contributed by atoms with Gasteiger partial charge >= 0.3 is 12.1 Å². The Labute approximate surface area is 172 Å². The molecule has 5 nitrogen and oxygen atoms in total. The SMILES string of the molecule is Cl.O=C(O)CCN1CCOC(c2ccc(Oc3ccc(C(F)(F)F)cc3)cc2)C1. The molecule has 1 aliphatic heterocycles. The predicted molar refractivity (Wildman–Crippen MR) is 103 cm³/mol. The number of morpholine rings is 1. The van der Waals surface area contributed by atoms with Gasteiger partial charge in [-0.05, 0) is 42.0 Å². The van der Waals surface area contributed by atoms with Crippen LogP contribution in [-0.4, -0.2) is 42.2 Å². The van der Waals surface area contributed by atoms with Crippen LogP contribution in [0.25, 0.3) is 0 Å². The Hall–Kier alpha value is -2.29. The third-order valence-corrected chi connectivity index (χ3v) is 4.46. The molecule has 1 fully saturated rings. The molecule has 0 amide bonds. The van der Waals surface area contributed by atoms with Gasteiger partial charge in [0.15, 0.2) is 0 Å². The lowest BCUT2D eigenvalue weighted by molar-refractivity contribution is -0.138. The molecule has 0 aromatic heterocycles. The number of rotatable bonds is 6. The number of halogens is 4. The van der Waals surface area contributed by atoms with Crippen molar-refractivity contribution in [2.24, 2.45) is 0 Å². The van der Waals surface area contributed by atoms with Gasteiger partial charge in [0.05, 0.1) is 24.7 Å². The van der Waals surface area contributed by atoms with Crippen molar-refractivity contribution < 1.29 is 32.5 Å². The van der Waals surface area contributed by atoms with Crippen LogP contribution in [0.5, 0.6) is 11.5 Å². The van der Waals surface area contributed by atoms with Crippen LogP contribution < -0.4 is 4.74 Å². The van der Waals surface area contributed by atoms with E-state index >= 15 is 0 Å². The number of ether oxygens (including phenoxy) is 2. The molecule has 1 aliphatic rings. The minimum Gasteiger partial charge on any atom is -0.481 e. The highest BCUT2D eigenvalue weighted by Crippen LogP contribution is 2.32. The van der Waals surface area contributed by atoms with Crippen molar-refractivity contribution in [2.75, 3.05) is 26.2 Å². The van der Waals surface area contributed by atoms with Crippen LogP contribution in [0.3, 0.4) is 0 Å². The Morgan fingerprint density at radius 1 is 1.10 bits per heavy atom. The second-order valence-corrected chi connectivity index (χ2v) is 6.50. The number of hydrogen-bond acceptors (Lipinski definition) is 4. The molecule has 1 heterocycles. The minimum absolute atomic E-state index is 0. The summed E-state index contributed by atoms with van der Waals surface area (Å²) in [5, 5.41) is 8.81. The van der Waals surface area contributed by atoms with Crippen molar-refractivity contribution in [3.8, 4) is 11.5 Å². The summed E-state index contributed by atoms with van der Waals surface area (Å²) in [6.45, 7) is 2.30. The highest BCUT2D eigenvalue weighted by atomic mass is 35.5. The lowest BCUT2D eigenvalue weighted by atomic mass is 10.1. The molecule has 0 radical (unpaired) electrons. The zero-order valence-corrected chi connectivity index (χ0v) is 16.2. The van der Waals surface area contributed by atoms with Crippen molar-refractivity contribution in [3.05, 3.63) is 59.7 Å². The number of carboxylic acids is 1. The van der Waals surface area contributed by atoms with Gasteiger partial charge in [-0.3, -0.25) is 9.69 Å². The van der Waals surface area contributed by atoms with Gasteiger partial charge in [0.2, 0.25) is 0 Å². The van der Waals surface area contributed by atoms with Crippen LogP contribution in [0.4, 0.5) is 13.2 Å². The molecule has 0 bridgehead atoms. The van der Waals surface area contributed by atoms with Gasteiger partial charge in [-0.15, -0.1) is 12.4 Å². The molecular weight excluding hydrogens is 411 g/mol. The van der Waals surface area contributed by atoms with E-state index < -0.39 is 17.7 Å². The molecule has 0 saturated carbocycles. The lowest BCUT2D eigenvalue weighted by Gasteiger charge is -2.32. The van der Waals surface area contributed by atoms with Crippen molar-refractivity contribution >= 4 is 18.4 Å². The van der Waals surface area contributed by atoms with E-state index in [1.165, 1.54) is 12.1 Å². The molecule has 3 rings (SSSR count). The number of hydrogen-bond donors (Lipinski definition) is 1. The average molecular weight is 432 g/mol. The summed E-state index contributed by atoms with van der Waals surface area (Å²) < 4.78 is 49.2. The van der Waals surface area contributed by atoms with Gasteiger partial charge in [-0.1, -0.05) is 12.1 Å². The summed E-state index contributed by atoms with van der Waals surface area (Å²) in [7, 11) is 0. The van der Waals surface area contributed by atoms with Crippen molar-refractivity contribution in [1.82, 2.24) is 4.90 Å². The maximum absolute atomic E-state index is 12.6. The number of aliphatic carboxylic acids is 1. The second kappa shape index (κ2) is 9.96. The average Bonchev–Trinajstić information content (AvgIpc) is 2.67. The third kappa shape index (κ3) is 6.62. The molecule has 0 aliphatic carbocycles. The molecule has 29 heavy (non-hydrogen) atoms. The van der Waals surface area contributed by atoms with E-state index in [4.69, 9.17) is 14.6 Å². The largest absolute Gasteiger partial charge is 0.481 e. The number of nitrogens with zero attached hydrogens (tertiary/aromatic N) is 1. The third-order valence-electron chi connectivity index (χ3n) is 4.46. The van der Waals surface area contributed by atoms with Crippen molar-refractivity contribution in [2.45, 2.75) is 18.7 Å². The molecule has 9 heteroatoms.